The minimum atomic E-state index is -0.312. The normalized spacial score (nSPS) is 10.8. The van der Waals surface area contributed by atoms with Crippen LogP contribution in [0.1, 0.15) is 0 Å². The van der Waals surface area contributed by atoms with Crippen LogP contribution in [0.5, 0.6) is 0 Å². The molecular formula is C7H10N6O2. The van der Waals surface area contributed by atoms with Crippen molar-refractivity contribution in [1.82, 2.24) is 25.0 Å². The molecule has 0 saturated heterocycles. The lowest BCUT2D eigenvalue weighted by molar-refractivity contribution is 0.311. The SMILES string of the molecule is Cn1nnc2nc(NCCO)[nH]c(=O)c21. The van der Waals surface area contributed by atoms with Gasteiger partial charge in [0.15, 0.2) is 5.52 Å². The number of hydrogen-bond acceptors (Lipinski definition) is 6. The van der Waals surface area contributed by atoms with E-state index in [-0.39, 0.29) is 23.8 Å². The van der Waals surface area contributed by atoms with Crippen LogP contribution in [-0.4, -0.2) is 43.2 Å². The Morgan fingerprint density at radius 2 is 2.40 bits per heavy atom. The molecule has 0 unspecified atom stereocenters. The molecule has 0 atom stereocenters. The molecule has 2 heterocycles. The van der Waals surface area contributed by atoms with Gasteiger partial charge in [0.05, 0.1) is 6.61 Å². The van der Waals surface area contributed by atoms with Crippen LogP contribution in [0.25, 0.3) is 11.2 Å². The summed E-state index contributed by atoms with van der Waals surface area (Å²) in [4.78, 5) is 18.1. The van der Waals surface area contributed by atoms with Gasteiger partial charge in [-0.25, -0.2) is 4.68 Å². The van der Waals surface area contributed by atoms with E-state index in [0.29, 0.717) is 12.1 Å². The molecule has 2 aromatic rings. The highest BCUT2D eigenvalue weighted by atomic mass is 16.3. The van der Waals surface area contributed by atoms with Crippen LogP contribution in [0, 0.1) is 0 Å². The monoisotopic (exact) mass is 210 g/mol. The molecule has 2 aromatic heterocycles. The van der Waals surface area contributed by atoms with E-state index in [1.807, 2.05) is 0 Å². The molecule has 0 spiro atoms. The Bertz CT molecular complexity index is 530. The number of anilines is 1. The van der Waals surface area contributed by atoms with Gasteiger partial charge in [0.25, 0.3) is 5.56 Å². The zero-order chi connectivity index (χ0) is 10.8. The average Bonchev–Trinajstić information content (AvgIpc) is 2.58. The molecule has 2 rings (SSSR count). The summed E-state index contributed by atoms with van der Waals surface area (Å²) in [5.74, 6) is 0.280. The number of nitrogens with one attached hydrogen (secondary N) is 2. The summed E-state index contributed by atoms with van der Waals surface area (Å²) in [7, 11) is 1.62. The molecule has 8 heteroatoms. The molecule has 0 aliphatic heterocycles. The second-order valence-corrected chi connectivity index (χ2v) is 2.95. The lowest BCUT2D eigenvalue weighted by Gasteiger charge is -2.01. The van der Waals surface area contributed by atoms with E-state index >= 15 is 0 Å². The zero-order valence-corrected chi connectivity index (χ0v) is 8.06. The maximum absolute atomic E-state index is 11.5. The van der Waals surface area contributed by atoms with Crippen LogP contribution in [-0.2, 0) is 7.05 Å². The lowest BCUT2D eigenvalue weighted by Crippen LogP contribution is -2.16. The first-order valence-electron chi connectivity index (χ1n) is 4.37. The number of rotatable bonds is 3. The number of aliphatic hydroxyl groups excluding tert-OH is 1. The third kappa shape index (κ3) is 1.66. The van der Waals surface area contributed by atoms with Crippen molar-refractivity contribution in [3.8, 4) is 0 Å². The third-order valence-corrected chi connectivity index (χ3v) is 1.88. The molecule has 0 aliphatic rings. The highest BCUT2D eigenvalue weighted by Crippen LogP contribution is 2.02. The van der Waals surface area contributed by atoms with Crippen molar-refractivity contribution in [2.75, 3.05) is 18.5 Å². The van der Waals surface area contributed by atoms with Crippen molar-refractivity contribution in [2.45, 2.75) is 0 Å². The first-order chi connectivity index (χ1) is 7.22. The van der Waals surface area contributed by atoms with Crippen LogP contribution >= 0.6 is 0 Å². The number of aromatic nitrogens is 5. The topological polar surface area (TPSA) is 109 Å². The van der Waals surface area contributed by atoms with E-state index in [1.54, 1.807) is 7.05 Å². The van der Waals surface area contributed by atoms with Crippen molar-refractivity contribution in [1.29, 1.82) is 0 Å². The van der Waals surface area contributed by atoms with Crippen LogP contribution in [0.3, 0.4) is 0 Å². The Morgan fingerprint density at radius 3 is 3.13 bits per heavy atom. The van der Waals surface area contributed by atoms with Crippen molar-refractivity contribution in [2.24, 2.45) is 7.05 Å². The van der Waals surface area contributed by atoms with Crippen LogP contribution in [0.15, 0.2) is 4.79 Å². The molecule has 8 nitrogen and oxygen atoms in total. The van der Waals surface area contributed by atoms with E-state index < -0.39 is 0 Å². The summed E-state index contributed by atoms with van der Waals surface area (Å²) >= 11 is 0. The molecule has 3 N–H and O–H groups in total. The molecule has 0 aromatic carbocycles. The standard InChI is InChI=1S/C7H10N6O2/c1-13-4-5(11-12-13)9-7(8-2-3-14)10-6(4)15/h14H,2-3H2,1H3,(H2,8,9,10,15). The quantitative estimate of drug-likeness (QED) is 0.566. The van der Waals surface area contributed by atoms with Crippen LogP contribution in [0.4, 0.5) is 5.95 Å². The van der Waals surface area contributed by atoms with E-state index in [2.05, 4.69) is 25.6 Å². The molecule has 0 fully saturated rings. The van der Waals surface area contributed by atoms with Crippen molar-refractivity contribution in [3.63, 3.8) is 0 Å². The fourth-order valence-electron chi connectivity index (χ4n) is 1.23. The average molecular weight is 210 g/mol. The minimum Gasteiger partial charge on any atom is -0.395 e. The van der Waals surface area contributed by atoms with E-state index in [4.69, 9.17) is 5.11 Å². The third-order valence-electron chi connectivity index (χ3n) is 1.88. The van der Waals surface area contributed by atoms with Crippen molar-refractivity contribution < 1.29 is 5.11 Å². The van der Waals surface area contributed by atoms with Gasteiger partial charge in [-0.3, -0.25) is 9.78 Å². The van der Waals surface area contributed by atoms with Gasteiger partial charge in [-0.15, -0.1) is 5.10 Å². The minimum absolute atomic E-state index is 0.0395. The Morgan fingerprint density at radius 1 is 1.60 bits per heavy atom. The number of aromatic amines is 1. The summed E-state index contributed by atoms with van der Waals surface area (Å²) in [5.41, 5.74) is 0.291. The van der Waals surface area contributed by atoms with Gasteiger partial charge in [-0.1, -0.05) is 5.21 Å². The highest BCUT2D eigenvalue weighted by Gasteiger charge is 2.08. The van der Waals surface area contributed by atoms with Gasteiger partial charge >= 0.3 is 0 Å². The van der Waals surface area contributed by atoms with E-state index in [0.717, 1.165) is 0 Å². The first-order valence-corrected chi connectivity index (χ1v) is 4.37. The number of fused-ring (bicyclic) bond motifs is 1. The van der Waals surface area contributed by atoms with Gasteiger partial charge < -0.3 is 10.4 Å². The van der Waals surface area contributed by atoms with E-state index in [1.165, 1.54) is 4.68 Å². The van der Waals surface area contributed by atoms with Crippen LogP contribution < -0.4 is 10.9 Å². The molecule has 80 valence electrons. The number of nitrogens with zero attached hydrogens (tertiary/aromatic N) is 4. The maximum Gasteiger partial charge on any atom is 0.280 e. The van der Waals surface area contributed by atoms with Gasteiger partial charge in [-0.05, 0) is 0 Å². The predicted molar refractivity (Wildman–Crippen MR) is 52.5 cm³/mol. The summed E-state index contributed by atoms with van der Waals surface area (Å²) in [5, 5.41) is 18.8. The summed E-state index contributed by atoms with van der Waals surface area (Å²) in [6, 6.07) is 0. The van der Waals surface area contributed by atoms with Gasteiger partial charge in [0.1, 0.15) is 0 Å². The molecular weight excluding hydrogens is 200 g/mol. The molecule has 0 radical (unpaired) electrons. The van der Waals surface area contributed by atoms with Crippen molar-refractivity contribution >= 4 is 17.1 Å². The fourth-order valence-corrected chi connectivity index (χ4v) is 1.23. The second kappa shape index (κ2) is 3.65. The molecule has 15 heavy (non-hydrogen) atoms. The predicted octanol–water partition coefficient (Wildman–Crippen LogP) is -1.54. The maximum atomic E-state index is 11.5. The number of aliphatic hydroxyl groups is 1. The highest BCUT2D eigenvalue weighted by molar-refractivity contribution is 5.69. The van der Waals surface area contributed by atoms with Crippen molar-refractivity contribution in [3.05, 3.63) is 10.4 Å². The fraction of sp³-hybridized carbons (Fsp3) is 0.429. The molecule has 0 saturated carbocycles. The molecule has 0 bridgehead atoms. The van der Waals surface area contributed by atoms with Crippen LogP contribution in [0.2, 0.25) is 0 Å². The molecule has 0 aliphatic carbocycles. The Hall–Kier alpha value is -1.96. The summed E-state index contributed by atoms with van der Waals surface area (Å²) in [6.07, 6.45) is 0. The Labute approximate surface area is 83.9 Å². The number of aryl methyl sites for hydroxylation is 1. The van der Waals surface area contributed by atoms with Gasteiger partial charge in [0.2, 0.25) is 11.6 Å². The van der Waals surface area contributed by atoms with E-state index in [9.17, 15) is 4.79 Å². The van der Waals surface area contributed by atoms with Gasteiger partial charge in [0, 0.05) is 13.6 Å². The first kappa shape index (κ1) is 9.59. The second-order valence-electron chi connectivity index (χ2n) is 2.95. The number of hydrogen-bond donors (Lipinski definition) is 3. The lowest BCUT2D eigenvalue weighted by atomic mass is 10.5. The Balaban J connectivity index is 2.49. The number of H-pyrrole nitrogens is 1. The smallest absolute Gasteiger partial charge is 0.280 e. The summed E-state index contributed by atoms with van der Waals surface area (Å²) < 4.78 is 1.36. The van der Waals surface area contributed by atoms with Gasteiger partial charge in [-0.2, -0.15) is 4.98 Å². The molecule has 0 amide bonds. The Kier molecular flexibility index (Phi) is 2.34. The zero-order valence-electron chi connectivity index (χ0n) is 8.06. The largest absolute Gasteiger partial charge is 0.395 e. The summed E-state index contributed by atoms with van der Waals surface area (Å²) in [6.45, 7) is 0.275.